The molecule has 2 rings (SSSR count). The number of rotatable bonds is 13. The Bertz CT molecular complexity index is 886. The van der Waals surface area contributed by atoms with Crippen molar-refractivity contribution in [3.05, 3.63) is 45.9 Å². The average molecular weight is 479 g/mol. The number of carbonyl (C=O) groups is 3. The van der Waals surface area contributed by atoms with Crippen LogP contribution in [0, 0.1) is 0 Å². The fraction of sp³-hybridized carbons (Fsp3) is 0.478. The third-order valence-corrected chi connectivity index (χ3v) is 5.76. The fourth-order valence-corrected chi connectivity index (χ4v) is 3.93. The van der Waals surface area contributed by atoms with Gasteiger partial charge in [-0.15, -0.1) is 11.3 Å². The van der Waals surface area contributed by atoms with E-state index < -0.39 is 0 Å². The second-order valence-electron chi connectivity index (χ2n) is 7.51. The van der Waals surface area contributed by atoms with E-state index in [0.29, 0.717) is 34.5 Å². The monoisotopic (exact) mass is 478 g/mol. The molecule has 0 aliphatic heterocycles. The van der Waals surface area contributed by atoms with Gasteiger partial charge in [0, 0.05) is 29.1 Å². The van der Waals surface area contributed by atoms with Gasteiger partial charge in [-0.05, 0) is 37.1 Å². The van der Waals surface area contributed by atoms with Crippen molar-refractivity contribution in [3.8, 4) is 0 Å². The molecule has 2 aromatic rings. The Balaban J connectivity index is 1.84. The summed E-state index contributed by atoms with van der Waals surface area (Å²) in [7, 11) is 0. The summed E-state index contributed by atoms with van der Waals surface area (Å²) in [6.07, 6.45) is 5.32. The van der Waals surface area contributed by atoms with Crippen LogP contribution in [0.15, 0.2) is 29.6 Å². The minimum Gasteiger partial charge on any atom is -0.356 e. The average Bonchev–Trinajstić information content (AvgIpc) is 3.19. The van der Waals surface area contributed by atoms with E-state index in [2.05, 4.69) is 22.5 Å². The van der Waals surface area contributed by atoms with Gasteiger partial charge in [0.2, 0.25) is 11.8 Å². The van der Waals surface area contributed by atoms with Crippen molar-refractivity contribution in [2.75, 3.05) is 25.0 Å². The first-order chi connectivity index (χ1) is 15.4. The Labute approximate surface area is 198 Å². The summed E-state index contributed by atoms with van der Waals surface area (Å²) in [5.41, 5.74) is 1.09. The van der Waals surface area contributed by atoms with Gasteiger partial charge < -0.3 is 15.5 Å². The van der Waals surface area contributed by atoms with E-state index in [0.717, 1.165) is 25.7 Å². The Hall–Kier alpha value is -2.45. The molecule has 32 heavy (non-hydrogen) atoms. The highest BCUT2D eigenvalue weighted by Gasteiger charge is 2.19. The largest absolute Gasteiger partial charge is 0.356 e. The summed E-state index contributed by atoms with van der Waals surface area (Å²) >= 11 is 7.15. The first-order valence-electron chi connectivity index (χ1n) is 11.0. The van der Waals surface area contributed by atoms with Crippen molar-refractivity contribution in [1.29, 1.82) is 0 Å². The minimum atomic E-state index is -0.331. The molecule has 2 N–H and O–H groups in total. The maximum absolute atomic E-state index is 12.7. The predicted octanol–water partition coefficient (Wildman–Crippen LogP) is 4.53. The van der Waals surface area contributed by atoms with Crippen molar-refractivity contribution in [3.63, 3.8) is 0 Å². The predicted molar refractivity (Wildman–Crippen MR) is 129 cm³/mol. The molecule has 0 unspecified atom stereocenters. The fourth-order valence-electron chi connectivity index (χ4n) is 3.08. The molecule has 0 saturated heterocycles. The number of hydrogen-bond donors (Lipinski definition) is 2. The highest BCUT2D eigenvalue weighted by atomic mass is 35.5. The zero-order valence-corrected chi connectivity index (χ0v) is 20.2. The van der Waals surface area contributed by atoms with Gasteiger partial charge in [-0.1, -0.05) is 44.7 Å². The lowest BCUT2D eigenvalue weighted by Gasteiger charge is -2.21. The van der Waals surface area contributed by atoms with Crippen LogP contribution >= 0.6 is 22.9 Å². The first kappa shape index (κ1) is 25.8. The van der Waals surface area contributed by atoms with Crippen LogP contribution in [0.25, 0.3) is 0 Å². The number of carbonyl (C=O) groups excluding carboxylic acids is 3. The number of unbranched alkanes of at least 4 members (excludes halogenated alkanes) is 3. The lowest BCUT2D eigenvalue weighted by molar-refractivity contribution is -0.120. The lowest BCUT2D eigenvalue weighted by atomic mass is 10.2. The van der Waals surface area contributed by atoms with Gasteiger partial charge in [0.05, 0.1) is 12.1 Å². The molecule has 0 saturated carbocycles. The van der Waals surface area contributed by atoms with Crippen molar-refractivity contribution < 1.29 is 14.4 Å². The molecule has 7 nitrogen and oxygen atoms in total. The Morgan fingerprint density at radius 1 is 1.03 bits per heavy atom. The SMILES string of the molecule is CCCCCCNC(=O)Cc1csc(NC(=O)CN(CCC)C(=O)c2ccc(Cl)cc2)n1. The molecule has 1 heterocycles. The summed E-state index contributed by atoms with van der Waals surface area (Å²) < 4.78 is 0. The van der Waals surface area contributed by atoms with Crippen LogP contribution in [0.2, 0.25) is 5.02 Å². The molecular weight excluding hydrogens is 448 g/mol. The molecule has 0 spiro atoms. The first-order valence-corrected chi connectivity index (χ1v) is 12.2. The number of nitrogens with zero attached hydrogens (tertiary/aromatic N) is 2. The van der Waals surface area contributed by atoms with Gasteiger partial charge in [0.15, 0.2) is 5.13 Å². The van der Waals surface area contributed by atoms with Crippen LogP contribution < -0.4 is 10.6 Å². The molecule has 0 aliphatic rings. The smallest absolute Gasteiger partial charge is 0.254 e. The van der Waals surface area contributed by atoms with Gasteiger partial charge >= 0.3 is 0 Å². The highest BCUT2D eigenvalue weighted by molar-refractivity contribution is 7.13. The van der Waals surface area contributed by atoms with Gasteiger partial charge in [0.1, 0.15) is 6.54 Å². The summed E-state index contributed by atoms with van der Waals surface area (Å²) in [5.74, 6) is -0.636. The van der Waals surface area contributed by atoms with Gasteiger partial charge in [-0.3, -0.25) is 14.4 Å². The second-order valence-corrected chi connectivity index (χ2v) is 8.81. The van der Waals surface area contributed by atoms with E-state index in [-0.39, 0.29) is 30.7 Å². The Morgan fingerprint density at radius 3 is 2.47 bits per heavy atom. The van der Waals surface area contributed by atoms with Crippen LogP contribution in [-0.4, -0.2) is 47.2 Å². The number of nitrogens with one attached hydrogen (secondary N) is 2. The van der Waals surface area contributed by atoms with E-state index >= 15 is 0 Å². The van der Waals surface area contributed by atoms with Crippen LogP contribution in [0.4, 0.5) is 5.13 Å². The topological polar surface area (TPSA) is 91.4 Å². The number of benzene rings is 1. The van der Waals surface area contributed by atoms with Gasteiger partial charge in [-0.2, -0.15) is 0 Å². The molecule has 0 radical (unpaired) electrons. The van der Waals surface area contributed by atoms with E-state index in [4.69, 9.17) is 11.6 Å². The van der Waals surface area contributed by atoms with Crippen LogP contribution in [0.5, 0.6) is 0 Å². The molecule has 1 aromatic carbocycles. The van der Waals surface area contributed by atoms with Crippen molar-refractivity contribution >= 4 is 45.8 Å². The molecule has 0 fully saturated rings. The van der Waals surface area contributed by atoms with E-state index in [1.807, 2.05) is 6.92 Å². The third-order valence-electron chi connectivity index (χ3n) is 4.70. The molecule has 0 bridgehead atoms. The minimum absolute atomic E-state index is 0.0765. The quantitative estimate of drug-likeness (QED) is 0.414. The number of amides is 3. The van der Waals surface area contributed by atoms with E-state index in [1.165, 1.54) is 22.7 Å². The number of anilines is 1. The highest BCUT2D eigenvalue weighted by Crippen LogP contribution is 2.16. The standard InChI is InChI=1S/C23H31ClN4O3S/c1-3-5-6-7-12-25-20(29)14-19-16-32-23(26-19)27-21(30)15-28(13-4-2)22(31)17-8-10-18(24)11-9-17/h8-11,16H,3-7,12-15H2,1-2H3,(H,25,29)(H,26,27,30). The summed E-state index contributed by atoms with van der Waals surface area (Å²) in [6, 6.07) is 6.59. The summed E-state index contributed by atoms with van der Waals surface area (Å²) in [4.78, 5) is 43.1. The van der Waals surface area contributed by atoms with Crippen molar-refractivity contribution in [2.24, 2.45) is 0 Å². The van der Waals surface area contributed by atoms with E-state index in [9.17, 15) is 14.4 Å². The molecule has 0 aliphatic carbocycles. The molecule has 0 atom stereocenters. The van der Waals surface area contributed by atoms with Crippen LogP contribution in [0.1, 0.15) is 62.0 Å². The number of aromatic nitrogens is 1. The number of halogens is 1. The Kier molecular flexibility index (Phi) is 11.2. The maximum Gasteiger partial charge on any atom is 0.254 e. The van der Waals surface area contributed by atoms with Crippen LogP contribution in [0.3, 0.4) is 0 Å². The zero-order chi connectivity index (χ0) is 23.3. The van der Waals surface area contributed by atoms with Crippen molar-refractivity contribution in [1.82, 2.24) is 15.2 Å². The molecular formula is C23H31ClN4O3S. The molecule has 3 amide bonds. The number of thiazole rings is 1. The van der Waals surface area contributed by atoms with E-state index in [1.54, 1.807) is 29.6 Å². The molecule has 9 heteroatoms. The van der Waals surface area contributed by atoms with Crippen molar-refractivity contribution in [2.45, 2.75) is 52.4 Å². The second kappa shape index (κ2) is 13.9. The van der Waals surface area contributed by atoms with Gasteiger partial charge in [-0.25, -0.2) is 4.98 Å². The zero-order valence-electron chi connectivity index (χ0n) is 18.7. The molecule has 174 valence electrons. The third kappa shape index (κ3) is 8.96. The summed E-state index contributed by atoms with van der Waals surface area (Å²) in [5, 5.41) is 8.34. The lowest BCUT2D eigenvalue weighted by Crippen LogP contribution is -2.38. The Morgan fingerprint density at radius 2 is 1.78 bits per heavy atom. The number of hydrogen-bond acceptors (Lipinski definition) is 5. The van der Waals surface area contributed by atoms with Gasteiger partial charge in [0.25, 0.3) is 5.91 Å². The molecule has 1 aromatic heterocycles. The van der Waals surface area contributed by atoms with Crippen LogP contribution in [-0.2, 0) is 16.0 Å². The normalized spacial score (nSPS) is 10.6. The summed E-state index contributed by atoms with van der Waals surface area (Å²) in [6.45, 7) is 5.14. The maximum atomic E-state index is 12.7.